The first-order valence-electron chi connectivity index (χ1n) is 7.34. The summed E-state index contributed by atoms with van der Waals surface area (Å²) in [6.45, 7) is 4.77. The summed E-state index contributed by atoms with van der Waals surface area (Å²) in [7, 11) is 0. The lowest BCUT2D eigenvalue weighted by atomic mass is 10.1. The normalized spacial score (nSPS) is 10.6. The van der Waals surface area contributed by atoms with Gasteiger partial charge in [-0.25, -0.2) is 9.37 Å². The molecule has 0 saturated heterocycles. The molecule has 25 heavy (non-hydrogen) atoms. The van der Waals surface area contributed by atoms with E-state index >= 15 is 0 Å². The number of amides is 1. The van der Waals surface area contributed by atoms with Crippen molar-refractivity contribution in [2.45, 2.75) is 6.92 Å². The number of aromatic nitrogens is 1. The highest BCUT2D eigenvalue weighted by Crippen LogP contribution is 2.30. The van der Waals surface area contributed by atoms with E-state index in [0.717, 1.165) is 0 Å². The van der Waals surface area contributed by atoms with E-state index in [-0.39, 0.29) is 35.2 Å². The van der Waals surface area contributed by atoms with E-state index in [2.05, 4.69) is 21.9 Å². The molecule has 0 atom stereocenters. The quantitative estimate of drug-likeness (QED) is 0.790. The van der Waals surface area contributed by atoms with Crippen LogP contribution in [0.2, 0.25) is 0 Å². The van der Waals surface area contributed by atoms with Crippen LogP contribution in [0.1, 0.15) is 28.5 Å². The van der Waals surface area contributed by atoms with Gasteiger partial charge in [0.25, 0.3) is 5.91 Å². The van der Waals surface area contributed by atoms with Crippen molar-refractivity contribution >= 4 is 29.7 Å². The first kappa shape index (κ1) is 18.0. The molecule has 0 bridgehead atoms. The van der Waals surface area contributed by atoms with Crippen LogP contribution in [0.3, 0.4) is 0 Å². The smallest absolute Gasteiger partial charge is 0.274 e. The van der Waals surface area contributed by atoms with Crippen LogP contribution in [0.25, 0.3) is 6.08 Å². The van der Waals surface area contributed by atoms with Gasteiger partial charge in [-0.3, -0.25) is 14.6 Å². The molecule has 128 valence electrons. The van der Waals surface area contributed by atoms with Gasteiger partial charge in [0, 0.05) is 11.8 Å². The highest BCUT2D eigenvalue weighted by Gasteiger charge is 2.18. The standard InChI is InChI=1S/C18H16FN3O3/c1-3-14-15(20-9-12-4-6-13(19)7-5-12)10-21-16(17(14)24)18(25)22-8-11(2)23/h3-7,9-10,24H,1,8H2,2H3,(H,22,25)/b20-9+. The predicted molar refractivity (Wildman–Crippen MR) is 92.7 cm³/mol. The molecule has 6 nitrogen and oxygen atoms in total. The lowest BCUT2D eigenvalue weighted by Crippen LogP contribution is -2.29. The molecule has 1 aromatic carbocycles. The highest BCUT2D eigenvalue weighted by molar-refractivity contribution is 5.98. The zero-order chi connectivity index (χ0) is 18.4. The number of pyridine rings is 1. The van der Waals surface area contributed by atoms with Crippen molar-refractivity contribution in [2.75, 3.05) is 6.54 Å². The van der Waals surface area contributed by atoms with E-state index in [9.17, 15) is 19.1 Å². The van der Waals surface area contributed by atoms with Crippen LogP contribution in [-0.2, 0) is 4.79 Å². The van der Waals surface area contributed by atoms with Gasteiger partial charge in [-0.05, 0) is 24.6 Å². The Balaban J connectivity index is 2.30. The Bertz CT molecular complexity index is 845. The minimum Gasteiger partial charge on any atom is -0.505 e. The number of aromatic hydroxyl groups is 1. The number of carbonyl (C=O) groups is 2. The third-order valence-corrected chi connectivity index (χ3v) is 3.21. The largest absolute Gasteiger partial charge is 0.505 e. The van der Waals surface area contributed by atoms with Gasteiger partial charge in [0.15, 0.2) is 11.4 Å². The summed E-state index contributed by atoms with van der Waals surface area (Å²) < 4.78 is 12.9. The fraction of sp³-hybridized carbons (Fsp3) is 0.111. The first-order valence-corrected chi connectivity index (χ1v) is 7.34. The maximum atomic E-state index is 12.9. The number of nitrogens with one attached hydrogen (secondary N) is 1. The summed E-state index contributed by atoms with van der Waals surface area (Å²) in [5.74, 6) is -1.64. The van der Waals surface area contributed by atoms with Crippen molar-refractivity contribution in [3.05, 3.63) is 59.7 Å². The number of ketones is 1. The minimum absolute atomic E-state index is 0.159. The number of carbonyl (C=O) groups excluding carboxylic acids is 2. The number of aliphatic imine (C=N–C) groups is 1. The molecule has 1 heterocycles. The van der Waals surface area contributed by atoms with E-state index < -0.39 is 5.91 Å². The number of Topliss-reactive ketones (excluding diaryl/α,β-unsaturated/α-hetero) is 1. The Morgan fingerprint density at radius 3 is 2.64 bits per heavy atom. The van der Waals surface area contributed by atoms with Crippen LogP contribution in [-0.4, -0.2) is 34.5 Å². The molecule has 0 saturated carbocycles. The van der Waals surface area contributed by atoms with Gasteiger partial charge < -0.3 is 10.4 Å². The topological polar surface area (TPSA) is 91.7 Å². The SMILES string of the molecule is C=Cc1c(/N=C/c2ccc(F)cc2)cnc(C(=O)NCC(C)=O)c1O. The number of rotatable bonds is 6. The summed E-state index contributed by atoms with van der Waals surface area (Å²) >= 11 is 0. The molecule has 2 rings (SSSR count). The highest BCUT2D eigenvalue weighted by atomic mass is 19.1. The van der Waals surface area contributed by atoms with Gasteiger partial charge in [0.05, 0.1) is 18.4 Å². The van der Waals surface area contributed by atoms with Crippen molar-refractivity contribution in [3.8, 4) is 5.75 Å². The first-order chi connectivity index (χ1) is 11.9. The van der Waals surface area contributed by atoms with Crippen LogP contribution in [0.15, 0.2) is 42.0 Å². The van der Waals surface area contributed by atoms with Gasteiger partial charge in [0.1, 0.15) is 11.6 Å². The Morgan fingerprint density at radius 1 is 1.36 bits per heavy atom. The molecular weight excluding hydrogens is 325 g/mol. The Hall–Kier alpha value is -3.35. The maximum absolute atomic E-state index is 12.9. The van der Waals surface area contributed by atoms with Gasteiger partial charge in [0.2, 0.25) is 0 Å². The average molecular weight is 341 g/mol. The Kier molecular flexibility index (Phi) is 5.73. The molecule has 0 aliphatic carbocycles. The Morgan fingerprint density at radius 2 is 2.04 bits per heavy atom. The molecule has 0 aliphatic rings. The number of benzene rings is 1. The number of halogens is 1. The number of hydrogen-bond donors (Lipinski definition) is 2. The second-order valence-corrected chi connectivity index (χ2v) is 5.15. The van der Waals surface area contributed by atoms with Gasteiger partial charge in [-0.15, -0.1) is 0 Å². The van der Waals surface area contributed by atoms with Crippen molar-refractivity contribution in [2.24, 2.45) is 4.99 Å². The van der Waals surface area contributed by atoms with E-state index in [1.54, 1.807) is 12.1 Å². The molecule has 0 radical (unpaired) electrons. The predicted octanol–water partition coefficient (Wildman–Crippen LogP) is 2.64. The summed E-state index contributed by atoms with van der Waals surface area (Å²) in [5, 5.41) is 12.6. The van der Waals surface area contributed by atoms with E-state index in [4.69, 9.17) is 0 Å². The summed E-state index contributed by atoms with van der Waals surface area (Å²) in [6, 6.07) is 5.69. The second-order valence-electron chi connectivity index (χ2n) is 5.15. The summed E-state index contributed by atoms with van der Waals surface area (Å²) in [6.07, 6.45) is 4.12. The van der Waals surface area contributed by atoms with Crippen LogP contribution >= 0.6 is 0 Å². The number of hydrogen-bond acceptors (Lipinski definition) is 5. The van der Waals surface area contributed by atoms with Crippen LogP contribution in [0, 0.1) is 5.82 Å². The van der Waals surface area contributed by atoms with Crippen LogP contribution in [0.5, 0.6) is 5.75 Å². The number of nitrogens with zero attached hydrogens (tertiary/aromatic N) is 2. The molecule has 0 unspecified atom stereocenters. The van der Waals surface area contributed by atoms with Crippen LogP contribution < -0.4 is 5.32 Å². The van der Waals surface area contributed by atoms with Crippen molar-refractivity contribution in [3.63, 3.8) is 0 Å². The fourth-order valence-electron chi connectivity index (χ4n) is 1.96. The van der Waals surface area contributed by atoms with Gasteiger partial charge in [-0.1, -0.05) is 24.8 Å². The molecule has 0 fully saturated rings. The molecule has 0 spiro atoms. The lowest BCUT2D eigenvalue weighted by Gasteiger charge is -2.09. The molecule has 0 aliphatic heterocycles. The molecule has 1 amide bonds. The Labute approximate surface area is 143 Å². The second kappa shape index (κ2) is 7.96. The fourth-order valence-corrected chi connectivity index (χ4v) is 1.96. The average Bonchev–Trinajstić information content (AvgIpc) is 2.59. The minimum atomic E-state index is -0.676. The van der Waals surface area contributed by atoms with Crippen molar-refractivity contribution < 1.29 is 19.1 Å². The van der Waals surface area contributed by atoms with E-state index in [0.29, 0.717) is 11.3 Å². The van der Waals surface area contributed by atoms with E-state index in [1.165, 1.54) is 37.5 Å². The van der Waals surface area contributed by atoms with Crippen LogP contribution in [0.4, 0.5) is 10.1 Å². The lowest BCUT2D eigenvalue weighted by molar-refractivity contribution is -0.116. The van der Waals surface area contributed by atoms with Crippen molar-refractivity contribution in [1.29, 1.82) is 0 Å². The third kappa shape index (κ3) is 4.57. The van der Waals surface area contributed by atoms with Crippen molar-refractivity contribution in [1.82, 2.24) is 10.3 Å². The molecular formula is C18H16FN3O3. The zero-order valence-corrected chi connectivity index (χ0v) is 13.5. The molecule has 2 N–H and O–H groups in total. The maximum Gasteiger partial charge on any atom is 0.274 e. The molecule has 7 heteroatoms. The molecule has 1 aromatic heterocycles. The third-order valence-electron chi connectivity index (χ3n) is 3.21. The summed E-state index contributed by atoms with van der Waals surface area (Å²) in [4.78, 5) is 31.0. The molecule has 2 aromatic rings. The zero-order valence-electron chi connectivity index (χ0n) is 13.5. The monoisotopic (exact) mass is 341 g/mol. The summed E-state index contributed by atoms with van der Waals surface area (Å²) in [5.41, 5.74) is 0.942. The van der Waals surface area contributed by atoms with Gasteiger partial charge in [-0.2, -0.15) is 0 Å². The van der Waals surface area contributed by atoms with Gasteiger partial charge >= 0.3 is 0 Å². The van der Waals surface area contributed by atoms with E-state index in [1.807, 2.05) is 0 Å².